The van der Waals surface area contributed by atoms with E-state index in [2.05, 4.69) is 10.4 Å². The van der Waals surface area contributed by atoms with Gasteiger partial charge in [0.05, 0.1) is 32.2 Å². The molecule has 184 valence electrons. The van der Waals surface area contributed by atoms with Crippen molar-refractivity contribution in [3.8, 4) is 5.88 Å². The van der Waals surface area contributed by atoms with Crippen LogP contribution in [0.5, 0.6) is 5.88 Å². The van der Waals surface area contributed by atoms with Crippen LogP contribution >= 0.6 is 0 Å². The van der Waals surface area contributed by atoms with Crippen LogP contribution in [-0.4, -0.2) is 49.6 Å². The van der Waals surface area contributed by atoms with Crippen molar-refractivity contribution in [2.24, 2.45) is 29.6 Å². The summed E-state index contributed by atoms with van der Waals surface area (Å²) < 4.78 is 35.4. The van der Waals surface area contributed by atoms with Gasteiger partial charge in [0.2, 0.25) is 5.88 Å². The van der Waals surface area contributed by atoms with E-state index < -0.39 is 10.1 Å². The summed E-state index contributed by atoms with van der Waals surface area (Å²) in [6.07, 6.45) is 14.9. The first kappa shape index (κ1) is 23.1. The smallest absolute Gasteiger partial charge is 0.264 e. The largest absolute Gasteiger partial charge is 0.477 e. The molecule has 0 aliphatic heterocycles. The van der Waals surface area contributed by atoms with Crippen molar-refractivity contribution in [3.05, 3.63) is 11.8 Å². The van der Waals surface area contributed by atoms with Gasteiger partial charge in [-0.15, -0.1) is 0 Å². The van der Waals surface area contributed by atoms with Crippen molar-refractivity contribution in [1.82, 2.24) is 15.1 Å². The molecule has 5 fully saturated rings. The summed E-state index contributed by atoms with van der Waals surface area (Å²) in [6, 6.07) is 0.244. The third kappa shape index (κ3) is 5.39. The second-order valence-electron chi connectivity index (χ2n) is 10.9. The zero-order valence-corrected chi connectivity index (χ0v) is 20.4. The summed E-state index contributed by atoms with van der Waals surface area (Å²) in [7, 11) is -3.54. The number of aromatic nitrogens is 2. The molecular weight excluding hydrogens is 442 g/mol. The molecule has 5 aliphatic rings. The van der Waals surface area contributed by atoms with Crippen LogP contribution in [0.15, 0.2) is 6.20 Å². The highest BCUT2D eigenvalue weighted by Gasteiger charge is 2.48. The number of carbonyl (C=O) groups is 1. The summed E-state index contributed by atoms with van der Waals surface area (Å²) in [4.78, 5) is 13.4. The molecule has 0 aromatic carbocycles. The van der Waals surface area contributed by atoms with E-state index in [0.717, 1.165) is 30.9 Å². The lowest BCUT2D eigenvalue weighted by Gasteiger charge is -2.54. The summed E-state index contributed by atoms with van der Waals surface area (Å²) in [5.74, 6) is 3.68. The molecule has 0 saturated heterocycles. The maximum Gasteiger partial charge on any atom is 0.264 e. The van der Waals surface area contributed by atoms with Gasteiger partial charge in [-0.25, -0.2) is 4.68 Å². The molecule has 0 radical (unpaired) electrons. The van der Waals surface area contributed by atoms with Gasteiger partial charge in [-0.05, 0) is 74.5 Å². The molecule has 8 nitrogen and oxygen atoms in total. The summed E-state index contributed by atoms with van der Waals surface area (Å²) in [5.41, 5.74) is 0.443. The van der Waals surface area contributed by atoms with E-state index in [1.165, 1.54) is 51.4 Å². The van der Waals surface area contributed by atoms with Crippen LogP contribution in [0.1, 0.15) is 74.6 Å². The predicted octanol–water partition coefficient (Wildman–Crippen LogP) is 3.37. The first-order valence-corrected chi connectivity index (χ1v) is 14.5. The van der Waals surface area contributed by atoms with Crippen LogP contribution in [-0.2, 0) is 20.8 Å². The van der Waals surface area contributed by atoms with E-state index in [-0.39, 0.29) is 25.1 Å². The van der Waals surface area contributed by atoms with Gasteiger partial charge in [0.25, 0.3) is 16.0 Å². The Morgan fingerprint density at radius 3 is 2.39 bits per heavy atom. The van der Waals surface area contributed by atoms with Crippen molar-refractivity contribution >= 4 is 16.0 Å². The van der Waals surface area contributed by atoms with Gasteiger partial charge in [-0.2, -0.15) is 13.5 Å². The van der Waals surface area contributed by atoms with Gasteiger partial charge in [-0.1, -0.05) is 19.3 Å². The number of rotatable bonds is 9. The average Bonchev–Trinajstić information content (AvgIpc) is 3.17. The monoisotopic (exact) mass is 479 g/mol. The lowest BCUT2D eigenvalue weighted by Crippen LogP contribution is -2.55. The standard InChI is InChI=1S/C24H37N3O5S/c1-33(29,30)32-8-7-27-24(31-15-16-5-3-2-4-6-16)21(14-25-27)23(28)26-22-19-10-17-9-18(12-19)13-20(22)11-17/h14,16-20,22H,2-13,15H2,1H3,(H,26,28). The third-order valence-corrected chi connectivity index (χ3v) is 8.94. The molecule has 1 heterocycles. The Hall–Kier alpha value is -1.61. The van der Waals surface area contributed by atoms with Crippen LogP contribution in [0.25, 0.3) is 0 Å². The lowest BCUT2D eigenvalue weighted by molar-refractivity contribution is -0.0120. The van der Waals surface area contributed by atoms with E-state index in [4.69, 9.17) is 8.92 Å². The number of hydrogen-bond acceptors (Lipinski definition) is 6. The van der Waals surface area contributed by atoms with Crippen LogP contribution in [0.3, 0.4) is 0 Å². The maximum atomic E-state index is 13.4. The SMILES string of the molecule is CS(=O)(=O)OCCn1ncc(C(=O)NC2C3CC4CC(C3)CC2C4)c1OCC1CCCCC1. The topological polar surface area (TPSA) is 99.5 Å². The molecule has 5 aliphatic carbocycles. The number of hydrogen-bond donors (Lipinski definition) is 1. The zero-order valence-electron chi connectivity index (χ0n) is 19.6. The van der Waals surface area contributed by atoms with Crippen molar-refractivity contribution < 1.29 is 22.1 Å². The first-order chi connectivity index (χ1) is 15.9. The number of amides is 1. The van der Waals surface area contributed by atoms with E-state index in [0.29, 0.717) is 35.8 Å². The van der Waals surface area contributed by atoms with Crippen LogP contribution in [0.4, 0.5) is 0 Å². The fourth-order valence-corrected chi connectivity index (χ4v) is 7.43. The Bertz CT molecular complexity index is 925. The molecule has 0 atom stereocenters. The molecular formula is C24H37N3O5S. The van der Waals surface area contributed by atoms with Crippen molar-refractivity contribution in [2.75, 3.05) is 19.5 Å². The number of nitrogens with zero attached hydrogens (tertiary/aromatic N) is 2. The normalized spacial score (nSPS) is 31.6. The third-order valence-electron chi connectivity index (χ3n) is 8.34. The van der Waals surface area contributed by atoms with E-state index >= 15 is 0 Å². The van der Waals surface area contributed by atoms with Gasteiger partial charge in [0.1, 0.15) is 5.56 Å². The van der Waals surface area contributed by atoms with Crippen molar-refractivity contribution in [2.45, 2.75) is 76.8 Å². The minimum Gasteiger partial charge on any atom is -0.477 e. The molecule has 1 aromatic rings. The van der Waals surface area contributed by atoms with Gasteiger partial charge in [0.15, 0.2) is 0 Å². The van der Waals surface area contributed by atoms with Gasteiger partial charge < -0.3 is 10.1 Å². The van der Waals surface area contributed by atoms with Crippen molar-refractivity contribution in [1.29, 1.82) is 0 Å². The number of ether oxygens (including phenoxy) is 1. The summed E-state index contributed by atoms with van der Waals surface area (Å²) in [6.45, 7) is 0.715. The minimum absolute atomic E-state index is 0.0447. The van der Waals surface area contributed by atoms with E-state index in [1.54, 1.807) is 10.9 Å². The van der Waals surface area contributed by atoms with E-state index in [9.17, 15) is 13.2 Å². The zero-order chi connectivity index (χ0) is 23.0. The molecule has 0 spiro atoms. The minimum atomic E-state index is -3.54. The predicted molar refractivity (Wildman–Crippen MR) is 123 cm³/mol. The van der Waals surface area contributed by atoms with Crippen molar-refractivity contribution in [3.63, 3.8) is 0 Å². The summed E-state index contributed by atoms with van der Waals surface area (Å²) in [5, 5.41) is 7.71. The Balaban J connectivity index is 1.29. The molecule has 1 N–H and O–H groups in total. The van der Waals surface area contributed by atoms with Gasteiger partial charge in [-0.3, -0.25) is 8.98 Å². The quantitative estimate of drug-likeness (QED) is 0.545. The highest BCUT2D eigenvalue weighted by atomic mass is 32.2. The molecule has 1 aromatic heterocycles. The fraction of sp³-hybridized carbons (Fsp3) is 0.833. The molecule has 9 heteroatoms. The average molecular weight is 480 g/mol. The number of carbonyl (C=O) groups excluding carboxylic acids is 1. The molecule has 1 amide bonds. The maximum absolute atomic E-state index is 13.4. The Morgan fingerprint density at radius 1 is 1.09 bits per heavy atom. The van der Waals surface area contributed by atoms with Crippen LogP contribution < -0.4 is 10.1 Å². The molecule has 33 heavy (non-hydrogen) atoms. The second-order valence-corrected chi connectivity index (χ2v) is 12.5. The second kappa shape index (κ2) is 9.56. The Morgan fingerprint density at radius 2 is 1.76 bits per heavy atom. The molecule has 0 unspecified atom stereocenters. The molecule has 5 saturated carbocycles. The Kier molecular flexibility index (Phi) is 6.71. The highest BCUT2D eigenvalue weighted by Crippen LogP contribution is 2.53. The highest BCUT2D eigenvalue weighted by molar-refractivity contribution is 7.85. The van der Waals surface area contributed by atoms with E-state index in [1.807, 2.05) is 0 Å². The lowest BCUT2D eigenvalue weighted by atomic mass is 9.54. The first-order valence-electron chi connectivity index (χ1n) is 12.7. The summed E-state index contributed by atoms with van der Waals surface area (Å²) >= 11 is 0. The molecule has 4 bridgehead atoms. The van der Waals surface area contributed by atoms with Crippen LogP contribution in [0.2, 0.25) is 0 Å². The fourth-order valence-electron chi connectivity index (χ4n) is 7.06. The van der Waals surface area contributed by atoms with Gasteiger partial charge >= 0.3 is 0 Å². The van der Waals surface area contributed by atoms with Gasteiger partial charge in [0, 0.05) is 6.04 Å². The number of nitrogens with one attached hydrogen (secondary N) is 1. The Labute approximate surface area is 196 Å². The van der Waals surface area contributed by atoms with Crippen LogP contribution in [0, 0.1) is 29.6 Å². The molecule has 6 rings (SSSR count).